The highest BCUT2D eigenvalue weighted by Crippen LogP contribution is 2.32. The van der Waals surface area contributed by atoms with Crippen molar-refractivity contribution in [2.75, 3.05) is 19.5 Å². The summed E-state index contributed by atoms with van der Waals surface area (Å²) in [6.45, 7) is 12.9. The molecule has 27 heavy (non-hydrogen) atoms. The van der Waals surface area contributed by atoms with Gasteiger partial charge in [-0.25, -0.2) is 0 Å². The van der Waals surface area contributed by atoms with Gasteiger partial charge in [0.1, 0.15) is 5.75 Å². The van der Waals surface area contributed by atoms with E-state index in [4.69, 9.17) is 4.74 Å². The molecule has 0 spiro atoms. The zero-order chi connectivity index (χ0) is 20.0. The third-order valence-corrected chi connectivity index (χ3v) is 5.71. The van der Waals surface area contributed by atoms with Crippen molar-refractivity contribution in [3.8, 4) is 5.75 Å². The monoisotopic (exact) mass is 381 g/mol. The van der Waals surface area contributed by atoms with E-state index in [1.165, 1.54) is 27.8 Å². The van der Waals surface area contributed by atoms with Crippen molar-refractivity contribution >= 4 is 22.4 Å². The molecule has 0 heterocycles. The fourth-order valence-electron chi connectivity index (χ4n) is 2.98. The van der Waals surface area contributed by atoms with Crippen LogP contribution in [0.2, 0.25) is 0 Å². The molecule has 0 aromatic heterocycles. The normalized spacial score (nSPS) is 11.6. The fourth-order valence-corrected chi connectivity index (χ4v) is 3.68. The van der Waals surface area contributed by atoms with Crippen molar-refractivity contribution in [3.05, 3.63) is 76.2 Å². The Balaban J connectivity index is 2.07. The van der Waals surface area contributed by atoms with Crippen molar-refractivity contribution in [2.45, 2.75) is 40.0 Å². The number of thioether (sulfide) groups is 1. The molecule has 144 valence electrons. The highest BCUT2D eigenvalue weighted by atomic mass is 32.2. The maximum Gasteiger partial charge on any atom is 0.124 e. The molecule has 2 aromatic rings. The van der Waals surface area contributed by atoms with Crippen LogP contribution in [-0.2, 0) is 6.42 Å². The summed E-state index contributed by atoms with van der Waals surface area (Å²) in [7, 11) is 3.66. The van der Waals surface area contributed by atoms with Crippen LogP contribution in [0.1, 0.15) is 48.9 Å². The predicted octanol–water partition coefficient (Wildman–Crippen LogP) is 7.02. The summed E-state index contributed by atoms with van der Waals surface area (Å²) in [5.74, 6) is 1.47. The molecule has 0 saturated heterocycles. The third kappa shape index (κ3) is 5.67. The maximum atomic E-state index is 5.58. The van der Waals surface area contributed by atoms with E-state index < -0.39 is 0 Å². The number of ether oxygens (including phenoxy) is 1. The topological polar surface area (TPSA) is 21.3 Å². The standard InChI is InChI=1S/C24H31NOS/c1-16(2)20-8-10-21(11-9-20)19(5)27-15-17(3)12-22-13-18(4)23(25-6)14-24(22)26-7/h8-11,13-16,25H,5,12H2,1-4,6-7H3/b17-15+. The minimum atomic E-state index is 0.551. The van der Waals surface area contributed by atoms with Crippen molar-refractivity contribution in [2.24, 2.45) is 0 Å². The molecule has 0 radical (unpaired) electrons. The lowest BCUT2D eigenvalue weighted by Crippen LogP contribution is -1.98. The highest BCUT2D eigenvalue weighted by Gasteiger charge is 2.08. The van der Waals surface area contributed by atoms with Gasteiger partial charge in [-0.15, -0.1) is 0 Å². The first kappa shape index (κ1) is 21.2. The lowest BCUT2D eigenvalue weighted by molar-refractivity contribution is 0.410. The Bertz CT molecular complexity index is 819. The van der Waals surface area contributed by atoms with Crippen LogP contribution in [0.5, 0.6) is 5.75 Å². The second kappa shape index (κ2) is 9.70. The van der Waals surface area contributed by atoms with Crippen molar-refractivity contribution in [3.63, 3.8) is 0 Å². The van der Waals surface area contributed by atoms with E-state index in [0.29, 0.717) is 5.92 Å². The molecular formula is C24H31NOS. The Morgan fingerprint density at radius 2 is 1.89 bits per heavy atom. The molecule has 0 fully saturated rings. The second-order valence-electron chi connectivity index (χ2n) is 7.19. The maximum absolute atomic E-state index is 5.58. The van der Waals surface area contributed by atoms with Crippen molar-refractivity contribution in [1.29, 1.82) is 0 Å². The Labute approximate surface area is 168 Å². The summed E-state index contributed by atoms with van der Waals surface area (Å²) in [6, 6.07) is 13.0. The third-order valence-electron chi connectivity index (χ3n) is 4.67. The number of allylic oxidation sites excluding steroid dienone is 1. The van der Waals surface area contributed by atoms with Crippen molar-refractivity contribution < 1.29 is 4.74 Å². The first-order valence-corrected chi connectivity index (χ1v) is 10.2. The second-order valence-corrected chi connectivity index (χ2v) is 8.15. The smallest absolute Gasteiger partial charge is 0.124 e. The molecule has 0 aliphatic rings. The number of hydrogen-bond donors (Lipinski definition) is 1. The van der Waals surface area contributed by atoms with Crippen LogP contribution in [0, 0.1) is 6.92 Å². The number of hydrogen-bond acceptors (Lipinski definition) is 3. The fraction of sp³-hybridized carbons (Fsp3) is 0.333. The van der Waals surface area contributed by atoms with Gasteiger partial charge in [0.15, 0.2) is 0 Å². The summed E-state index contributed by atoms with van der Waals surface area (Å²) in [4.78, 5) is 1.07. The molecular weight excluding hydrogens is 350 g/mol. The molecule has 2 rings (SSSR count). The van der Waals surface area contributed by atoms with E-state index in [9.17, 15) is 0 Å². The summed E-state index contributed by atoms with van der Waals surface area (Å²) >= 11 is 1.69. The average molecular weight is 382 g/mol. The van der Waals surface area contributed by atoms with Gasteiger partial charge in [0.2, 0.25) is 0 Å². The molecule has 2 aromatic carbocycles. The molecule has 0 saturated carbocycles. The number of methoxy groups -OCH3 is 1. The van der Waals surface area contributed by atoms with Crippen LogP contribution < -0.4 is 10.1 Å². The number of benzene rings is 2. The van der Waals surface area contributed by atoms with Crippen LogP contribution in [0.4, 0.5) is 5.69 Å². The molecule has 1 N–H and O–H groups in total. The van der Waals surface area contributed by atoms with Gasteiger partial charge < -0.3 is 10.1 Å². The first-order chi connectivity index (χ1) is 12.8. The summed E-state index contributed by atoms with van der Waals surface area (Å²) in [6.07, 6.45) is 0.862. The van der Waals surface area contributed by atoms with Crippen LogP contribution in [0.15, 0.2) is 54.0 Å². The Morgan fingerprint density at radius 1 is 1.22 bits per heavy atom. The van der Waals surface area contributed by atoms with Gasteiger partial charge in [-0.2, -0.15) is 0 Å². The van der Waals surface area contributed by atoms with Crippen LogP contribution in [0.25, 0.3) is 4.91 Å². The molecule has 0 aliphatic heterocycles. The van der Waals surface area contributed by atoms with Gasteiger partial charge in [0.05, 0.1) is 7.11 Å². The zero-order valence-corrected chi connectivity index (χ0v) is 18.2. The molecule has 0 atom stereocenters. The predicted molar refractivity (Wildman–Crippen MR) is 122 cm³/mol. The van der Waals surface area contributed by atoms with Crippen LogP contribution >= 0.6 is 11.8 Å². The summed E-state index contributed by atoms with van der Waals surface area (Å²) in [5, 5.41) is 5.40. The number of anilines is 1. The molecule has 0 bridgehead atoms. The van der Waals surface area contributed by atoms with Crippen LogP contribution in [0.3, 0.4) is 0 Å². The van der Waals surface area contributed by atoms with E-state index in [-0.39, 0.29) is 0 Å². The van der Waals surface area contributed by atoms with Gasteiger partial charge in [0.25, 0.3) is 0 Å². The molecule has 0 amide bonds. The lowest BCUT2D eigenvalue weighted by atomic mass is 10.0. The number of aryl methyl sites for hydroxylation is 1. The van der Waals surface area contributed by atoms with Gasteiger partial charge in [0, 0.05) is 23.7 Å². The molecule has 0 aliphatic carbocycles. The summed E-state index contributed by atoms with van der Waals surface area (Å²) in [5.41, 5.74) is 7.36. The number of rotatable bonds is 8. The average Bonchev–Trinajstić information content (AvgIpc) is 2.66. The van der Waals surface area contributed by atoms with Crippen molar-refractivity contribution in [1.82, 2.24) is 0 Å². The van der Waals surface area contributed by atoms with Gasteiger partial charge in [-0.1, -0.05) is 68.1 Å². The molecule has 3 heteroatoms. The van der Waals surface area contributed by atoms with E-state index >= 15 is 0 Å². The van der Waals surface area contributed by atoms with Gasteiger partial charge in [-0.3, -0.25) is 0 Å². The number of nitrogens with one attached hydrogen (secondary N) is 1. The van der Waals surface area contributed by atoms with Gasteiger partial charge in [-0.05, 0) is 53.8 Å². The largest absolute Gasteiger partial charge is 0.496 e. The van der Waals surface area contributed by atoms with Gasteiger partial charge >= 0.3 is 0 Å². The minimum absolute atomic E-state index is 0.551. The Morgan fingerprint density at radius 3 is 2.44 bits per heavy atom. The highest BCUT2D eigenvalue weighted by molar-refractivity contribution is 8.10. The SMILES string of the molecule is C=C(S/C=C(\C)Cc1cc(C)c(NC)cc1OC)c1ccc(C(C)C)cc1. The Hall–Kier alpha value is -2.13. The van der Waals surface area contributed by atoms with E-state index in [1.807, 2.05) is 7.05 Å². The minimum Gasteiger partial charge on any atom is -0.496 e. The molecule has 2 nitrogen and oxygen atoms in total. The lowest BCUT2D eigenvalue weighted by Gasteiger charge is -2.14. The molecule has 0 unspecified atom stereocenters. The first-order valence-electron chi connectivity index (χ1n) is 9.32. The quantitative estimate of drug-likeness (QED) is 0.531. The van der Waals surface area contributed by atoms with Crippen LogP contribution in [-0.4, -0.2) is 14.2 Å². The van der Waals surface area contributed by atoms with E-state index in [1.54, 1.807) is 18.9 Å². The van der Waals surface area contributed by atoms with E-state index in [2.05, 4.69) is 81.4 Å². The Kier molecular flexibility index (Phi) is 7.61. The van der Waals surface area contributed by atoms with E-state index in [0.717, 1.165) is 22.8 Å². The zero-order valence-electron chi connectivity index (χ0n) is 17.3. The summed E-state index contributed by atoms with van der Waals surface area (Å²) < 4.78 is 5.58.